The quantitative estimate of drug-likeness (QED) is 0.820. The number of hydrogen-bond donors (Lipinski definition) is 1. The van der Waals surface area contributed by atoms with Crippen LogP contribution >= 0.6 is 0 Å². The molecule has 1 N–H and O–H groups in total. The molecule has 0 aliphatic rings. The Balaban J connectivity index is 2.08. The summed E-state index contributed by atoms with van der Waals surface area (Å²) in [5.41, 5.74) is 1.62. The zero-order chi connectivity index (χ0) is 13.0. The van der Waals surface area contributed by atoms with Crippen molar-refractivity contribution < 1.29 is 4.79 Å². The number of nitrogens with one attached hydrogen (secondary N) is 1. The first-order chi connectivity index (χ1) is 8.66. The third-order valence-electron chi connectivity index (χ3n) is 2.82. The number of Topliss-reactive ketones (excluding diaryl/α,β-unsaturated/α-hetero) is 1. The molecule has 0 fully saturated rings. The third kappa shape index (κ3) is 3.14. The molecule has 0 radical (unpaired) electrons. The molecule has 1 aromatic heterocycles. The molecular formula is C15H18N2O. The Morgan fingerprint density at radius 3 is 2.89 bits per heavy atom. The maximum atomic E-state index is 12.0. The molecule has 0 bridgehead atoms. The second-order valence-corrected chi connectivity index (χ2v) is 4.70. The first-order valence-corrected chi connectivity index (χ1v) is 6.28. The van der Waals surface area contributed by atoms with Gasteiger partial charge >= 0.3 is 0 Å². The number of nitrogens with zero attached hydrogens (tertiary/aromatic N) is 1. The van der Waals surface area contributed by atoms with Crippen LogP contribution in [-0.4, -0.2) is 23.4 Å². The van der Waals surface area contributed by atoms with E-state index in [1.807, 2.05) is 30.3 Å². The van der Waals surface area contributed by atoms with E-state index in [1.54, 1.807) is 6.20 Å². The number of benzene rings is 1. The molecule has 1 heterocycles. The van der Waals surface area contributed by atoms with Gasteiger partial charge in [-0.25, -0.2) is 0 Å². The van der Waals surface area contributed by atoms with Crippen molar-refractivity contribution in [2.24, 2.45) is 0 Å². The zero-order valence-corrected chi connectivity index (χ0v) is 10.8. The van der Waals surface area contributed by atoms with Crippen LogP contribution in [0.15, 0.2) is 36.5 Å². The molecule has 0 aliphatic heterocycles. The number of ketones is 1. The highest BCUT2D eigenvalue weighted by atomic mass is 16.1. The molecule has 2 aromatic rings. The first kappa shape index (κ1) is 12.7. The van der Waals surface area contributed by atoms with Crippen molar-refractivity contribution >= 4 is 16.7 Å². The van der Waals surface area contributed by atoms with Crippen LogP contribution in [0, 0.1) is 0 Å². The number of hydrogen-bond acceptors (Lipinski definition) is 3. The van der Waals surface area contributed by atoms with Crippen molar-refractivity contribution in [3.05, 3.63) is 42.1 Å². The minimum absolute atomic E-state index is 0.140. The van der Waals surface area contributed by atoms with Crippen LogP contribution in [0.4, 0.5) is 0 Å². The summed E-state index contributed by atoms with van der Waals surface area (Å²) in [6.45, 7) is 4.85. The number of pyridine rings is 1. The Bertz CT molecular complexity index is 549. The summed E-state index contributed by atoms with van der Waals surface area (Å²) in [5, 5.41) is 4.26. The standard InChI is InChI=1S/C15H18N2O/c1-11(2)16-8-7-15(18)13-9-12-5-3-4-6-14(12)17-10-13/h3-6,9-11,16H,7-8H2,1-2H3. The van der Waals surface area contributed by atoms with E-state index < -0.39 is 0 Å². The second kappa shape index (κ2) is 5.74. The first-order valence-electron chi connectivity index (χ1n) is 6.28. The van der Waals surface area contributed by atoms with Gasteiger partial charge in [0.1, 0.15) is 0 Å². The van der Waals surface area contributed by atoms with E-state index in [9.17, 15) is 4.79 Å². The number of aromatic nitrogens is 1. The van der Waals surface area contributed by atoms with E-state index in [-0.39, 0.29) is 5.78 Å². The van der Waals surface area contributed by atoms with Gasteiger partial charge in [-0.05, 0) is 12.1 Å². The summed E-state index contributed by atoms with van der Waals surface area (Å²) >= 11 is 0. The Kier molecular flexibility index (Phi) is 4.05. The van der Waals surface area contributed by atoms with Crippen molar-refractivity contribution in [3.8, 4) is 0 Å². The summed E-state index contributed by atoms with van der Waals surface area (Å²) in [5.74, 6) is 0.140. The molecule has 0 aliphatic carbocycles. The highest BCUT2D eigenvalue weighted by Gasteiger charge is 2.07. The lowest BCUT2D eigenvalue weighted by molar-refractivity contribution is 0.0982. The van der Waals surface area contributed by atoms with Crippen LogP contribution in [-0.2, 0) is 0 Å². The summed E-state index contributed by atoms with van der Waals surface area (Å²) in [6, 6.07) is 10.2. The molecule has 2 rings (SSSR count). The molecule has 1 aromatic carbocycles. The van der Waals surface area contributed by atoms with Gasteiger partial charge in [0.15, 0.2) is 5.78 Å². The molecule has 0 saturated heterocycles. The van der Waals surface area contributed by atoms with Gasteiger partial charge in [0, 0.05) is 36.2 Å². The van der Waals surface area contributed by atoms with Gasteiger partial charge in [0.05, 0.1) is 5.52 Å². The molecule has 0 saturated carbocycles. The summed E-state index contributed by atoms with van der Waals surface area (Å²) in [4.78, 5) is 16.3. The minimum Gasteiger partial charge on any atom is -0.314 e. The number of carbonyl (C=O) groups excluding carboxylic acids is 1. The van der Waals surface area contributed by atoms with E-state index in [1.165, 1.54) is 0 Å². The largest absolute Gasteiger partial charge is 0.314 e. The van der Waals surface area contributed by atoms with Crippen LogP contribution in [0.3, 0.4) is 0 Å². The SMILES string of the molecule is CC(C)NCCC(=O)c1cnc2ccccc2c1. The Labute approximate surface area is 107 Å². The monoisotopic (exact) mass is 242 g/mol. The van der Waals surface area contributed by atoms with Crippen molar-refractivity contribution in [3.63, 3.8) is 0 Å². The van der Waals surface area contributed by atoms with E-state index in [2.05, 4.69) is 24.1 Å². The molecule has 0 spiro atoms. The van der Waals surface area contributed by atoms with Crippen molar-refractivity contribution in [2.45, 2.75) is 26.3 Å². The van der Waals surface area contributed by atoms with Gasteiger partial charge in [-0.2, -0.15) is 0 Å². The Morgan fingerprint density at radius 1 is 1.33 bits per heavy atom. The Hall–Kier alpha value is -1.74. The smallest absolute Gasteiger partial charge is 0.165 e. The zero-order valence-electron chi connectivity index (χ0n) is 10.8. The van der Waals surface area contributed by atoms with E-state index in [0.29, 0.717) is 24.6 Å². The second-order valence-electron chi connectivity index (χ2n) is 4.70. The molecule has 3 heteroatoms. The Morgan fingerprint density at radius 2 is 2.11 bits per heavy atom. The maximum Gasteiger partial charge on any atom is 0.165 e. The van der Waals surface area contributed by atoms with Crippen molar-refractivity contribution in [2.75, 3.05) is 6.54 Å². The molecule has 3 nitrogen and oxygen atoms in total. The van der Waals surface area contributed by atoms with Gasteiger partial charge in [-0.1, -0.05) is 32.0 Å². The van der Waals surface area contributed by atoms with E-state index in [4.69, 9.17) is 0 Å². The fourth-order valence-electron chi connectivity index (χ4n) is 1.84. The molecule has 0 atom stereocenters. The minimum atomic E-state index is 0.140. The maximum absolute atomic E-state index is 12.0. The van der Waals surface area contributed by atoms with Crippen molar-refractivity contribution in [1.29, 1.82) is 0 Å². The van der Waals surface area contributed by atoms with Gasteiger partial charge < -0.3 is 5.32 Å². The molecule has 0 amide bonds. The van der Waals surface area contributed by atoms with Crippen LogP contribution in [0.25, 0.3) is 10.9 Å². The fourth-order valence-corrected chi connectivity index (χ4v) is 1.84. The molecular weight excluding hydrogens is 224 g/mol. The summed E-state index contributed by atoms with van der Waals surface area (Å²) in [7, 11) is 0. The number of fused-ring (bicyclic) bond motifs is 1. The topological polar surface area (TPSA) is 42.0 Å². The van der Waals surface area contributed by atoms with Crippen LogP contribution in [0.2, 0.25) is 0 Å². The van der Waals surface area contributed by atoms with Crippen molar-refractivity contribution in [1.82, 2.24) is 10.3 Å². The van der Waals surface area contributed by atoms with Gasteiger partial charge in [-0.3, -0.25) is 9.78 Å². The average Bonchev–Trinajstić information content (AvgIpc) is 2.37. The predicted molar refractivity (Wildman–Crippen MR) is 73.8 cm³/mol. The lowest BCUT2D eigenvalue weighted by Gasteiger charge is -2.07. The fraction of sp³-hybridized carbons (Fsp3) is 0.333. The summed E-state index contributed by atoms with van der Waals surface area (Å²) in [6.07, 6.45) is 2.18. The molecule has 94 valence electrons. The normalized spacial score (nSPS) is 11.1. The van der Waals surface area contributed by atoms with Gasteiger partial charge in [-0.15, -0.1) is 0 Å². The van der Waals surface area contributed by atoms with Gasteiger partial charge in [0.2, 0.25) is 0 Å². The van der Waals surface area contributed by atoms with Crippen LogP contribution in [0.5, 0.6) is 0 Å². The average molecular weight is 242 g/mol. The number of para-hydroxylation sites is 1. The molecule has 0 unspecified atom stereocenters. The lowest BCUT2D eigenvalue weighted by atomic mass is 10.1. The number of carbonyl (C=O) groups is 1. The van der Waals surface area contributed by atoms with Crippen LogP contribution < -0.4 is 5.32 Å². The van der Waals surface area contributed by atoms with E-state index >= 15 is 0 Å². The molecule has 18 heavy (non-hydrogen) atoms. The summed E-state index contributed by atoms with van der Waals surface area (Å²) < 4.78 is 0. The predicted octanol–water partition coefficient (Wildman–Crippen LogP) is 2.81. The van der Waals surface area contributed by atoms with Gasteiger partial charge in [0.25, 0.3) is 0 Å². The van der Waals surface area contributed by atoms with E-state index in [0.717, 1.165) is 10.9 Å². The van der Waals surface area contributed by atoms with Crippen LogP contribution in [0.1, 0.15) is 30.6 Å². The highest BCUT2D eigenvalue weighted by Crippen LogP contribution is 2.13. The number of rotatable bonds is 5. The third-order valence-corrected chi connectivity index (χ3v) is 2.82. The highest BCUT2D eigenvalue weighted by molar-refractivity contribution is 5.98. The lowest BCUT2D eigenvalue weighted by Crippen LogP contribution is -2.25.